The second kappa shape index (κ2) is 8.97. The van der Waals surface area contributed by atoms with Gasteiger partial charge in [0.2, 0.25) is 11.8 Å². The van der Waals surface area contributed by atoms with Crippen molar-refractivity contribution in [2.45, 2.75) is 30.4 Å². The Bertz CT molecular complexity index is 1080. The fourth-order valence-electron chi connectivity index (χ4n) is 2.78. The van der Waals surface area contributed by atoms with E-state index >= 15 is 0 Å². The molecule has 0 bridgehead atoms. The largest absolute Gasteiger partial charge is 0.326 e. The van der Waals surface area contributed by atoms with E-state index in [1.165, 1.54) is 41.3 Å². The summed E-state index contributed by atoms with van der Waals surface area (Å²) in [6, 6.07) is 11.5. The van der Waals surface area contributed by atoms with Crippen molar-refractivity contribution >= 4 is 44.5 Å². The van der Waals surface area contributed by atoms with Crippen LogP contribution < -0.4 is 5.32 Å². The summed E-state index contributed by atoms with van der Waals surface area (Å²) in [5.74, 6) is -1.25. The number of sulfonamides is 1. The van der Waals surface area contributed by atoms with Gasteiger partial charge in [-0.3, -0.25) is 14.5 Å². The van der Waals surface area contributed by atoms with Gasteiger partial charge in [-0.25, -0.2) is 4.39 Å². The molecule has 2 amide bonds. The minimum absolute atomic E-state index is 0.0298. The number of hydrogen-bond acceptors (Lipinski definition) is 5. The first kappa shape index (κ1) is 22.0. The molecular weight excluding hydrogens is 429 g/mol. The number of aryl methyl sites for hydroxylation is 1. The number of hydrogen-bond donors (Lipinski definition) is 1. The molecule has 1 aliphatic heterocycles. The highest BCUT2D eigenvalue weighted by Gasteiger charge is 2.39. The van der Waals surface area contributed by atoms with E-state index in [9.17, 15) is 22.4 Å². The topological polar surface area (TPSA) is 95.9 Å². The highest BCUT2D eigenvalue weighted by molar-refractivity contribution is 8.16. The molecule has 0 radical (unpaired) electrons. The van der Waals surface area contributed by atoms with Gasteiger partial charge < -0.3 is 5.32 Å². The van der Waals surface area contributed by atoms with Crippen LogP contribution in [0.5, 0.6) is 0 Å². The zero-order valence-electron chi connectivity index (χ0n) is 16.3. The van der Waals surface area contributed by atoms with Crippen LogP contribution in [-0.4, -0.2) is 42.1 Å². The number of thioether (sulfide) groups is 1. The van der Waals surface area contributed by atoms with Crippen molar-refractivity contribution in [2.75, 3.05) is 11.9 Å². The van der Waals surface area contributed by atoms with Gasteiger partial charge in [-0.1, -0.05) is 29.5 Å². The molecule has 7 nitrogen and oxygen atoms in total. The molecule has 1 atom stereocenters. The number of anilines is 1. The third-order valence-corrected chi connectivity index (χ3v) is 6.92. The Labute approximate surface area is 178 Å². The lowest BCUT2D eigenvalue weighted by atomic mass is 10.2. The summed E-state index contributed by atoms with van der Waals surface area (Å²) in [6.07, 6.45) is -0.166. The van der Waals surface area contributed by atoms with E-state index in [1.807, 2.05) is 6.92 Å². The number of carbonyl (C=O) groups excluding carboxylic acids is 2. The zero-order chi connectivity index (χ0) is 21.9. The lowest BCUT2D eigenvalue weighted by Crippen LogP contribution is -2.33. The first-order valence-corrected chi connectivity index (χ1v) is 11.5. The van der Waals surface area contributed by atoms with Crippen molar-refractivity contribution in [1.82, 2.24) is 4.90 Å². The fraction of sp³-hybridized carbons (Fsp3) is 0.250. The minimum atomic E-state index is -3.99. The number of benzene rings is 2. The molecule has 2 aromatic carbocycles. The summed E-state index contributed by atoms with van der Waals surface area (Å²) in [4.78, 5) is 26.2. The van der Waals surface area contributed by atoms with E-state index in [0.717, 1.165) is 17.3 Å². The van der Waals surface area contributed by atoms with Gasteiger partial charge in [0.1, 0.15) is 11.1 Å². The van der Waals surface area contributed by atoms with Gasteiger partial charge in [-0.2, -0.15) is 8.42 Å². The molecule has 0 aliphatic carbocycles. The van der Waals surface area contributed by atoms with Crippen LogP contribution in [0.3, 0.4) is 0 Å². The monoisotopic (exact) mass is 449 g/mol. The molecule has 158 valence electrons. The SMILES string of the molecule is CCN1C(=O)C(CC(=O)Nc2ccc(F)cc2)SC1=NS(=O)(=O)c1ccc(C)cc1. The summed E-state index contributed by atoms with van der Waals surface area (Å²) in [5.41, 5.74) is 1.31. The van der Waals surface area contributed by atoms with Gasteiger partial charge in [-0.05, 0) is 50.2 Å². The number of nitrogens with one attached hydrogen (secondary N) is 1. The number of amidine groups is 1. The second-order valence-electron chi connectivity index (χ2n) is 6.61. The molecule has 1 aliphatic rings. The van der Waals surface area contributed by atoms with Crippen molar-refractivity contribution < 1.29 is 22.4 Å². The van der Waals surface area contributed by atoms with Crippen LogP contribution in [0.25, 0.3) is 0 Å². The third-order valence-electron chi connectivity index (χ3n) is 4.35. The maximum Gasteiger partial charge on any atom is 0.284 e. The van der Waals surface area contributed by atoms with E-state index in [4.69, 9.17) is 0 Å². The predicted molar refractivity (Wildman–Crippen MR) is 114 cm³/mol. The fourth-order valence-corrected chi connectivity index (χ4v) is 5.20. The molecule has 1 fully saturated rings. The summed E-state index contributed by atoms with van der Waals surface area (Å²) in [6.45, 7) is 3.77. The number of carbonyl (C=O) groups is 2. The Morgan fingerprint density at radius 2 is 1.80 bits per heavy atom. The van der Waals surface area contributed by atoms with E-state index in [2.05, 4.69) is 9.71 Å². The van der Waals surface area contributed by atoms with Gasteiger partial charge in [0, 0.05) is 18.7 Å². The van der Waals surface area contributed by atoms with Crippen LogP contribution in [0.1, 0.15) is 18.9 Å². The molecule has 3 rings (SSSR count). The average molecular weight is 450 g/mol. The van der Waals surface area contributed by atoms with Crippen molar-refractivity contribution in [1.29, 1.82) is 0 Å². The Kier molecular flexibility index (Phi) is 6.57. The van der Waals surface area contributed by atoms with Crippen molar-refractivity contribution in [3.63, 3.8) is 0 Å². The number of halogens is 1. The smallest absolute Gasteiger partial charge is 0.284 e. The summed E-state index contributed by atoms with van der Waals surface area (Å²) < 4.78 is 42.1. The maximum atomic E-state index is 13.0. The Morgan fingerprint density at radius 3 is 2.40 bits per heavy atom. The van der Waals surface area contributed by atoms with Gasteiger partial charge >= 0.3 is 0 Å². The Morgan fingerprint density at radius 1 is 1.17 bits per heavy atom. The van der Waals surface area contributed by atoms with Crippen molar-refractivity contribution in [3.8, 4) is 0 Å². The van der Waals surface area contributed by atoms with Crippen LogP contribution in [0.2, 0.25) is 0 Å². The van der Waals surface area contributed by atoms with Gasteiger partial charge in [-0.15, -0.1) is 4.40 Å². The minimum Gasteiger partial charge on any atom is -0.326 e. The van der Waals surface area contributed by atoms with E-state index in [-0.39, 0.29) is 28.9 Å². The van der Waals surface area contributed by atoms with Crippen LogP contribution in [-0.2, 0) is 19.6 Å². The molecule has 0 spiro atoms. The normalized spacial score (nSPS) is 18.1. The first-order chi connectivity index (χ1) is 14.2. The molecular formula is C20H20FN3O4S2. The summed E-state index contributed by atoms with van der Waals surface area (Å²) >= 11 is 0.944. The quantitative estimate of drug-likeness (QED) is 0.731. The van der Waals surface area contributed by atoms with Gasteiger partial charge in [0.25, 0.3) is 10.0 Å². The van der Waals surface area contributed by atoms with Gasteiger partial charge in [0.15, 0.2) is 5.17 Å². The number of rotatable bonds is 6. The molecule has 1 heterocycles. The third kappa shape index (κ3) is 5.06. The van der Waals surface area contributed by atoms with Crippen LogP contribution in [0.15, 0.2) is 57.8 Å². The highest BCUT2D eigenvalue weighted by Crippen LogP contribution is 2.31. The van der Waals surface area contributed by atoms with E-state index < -0.39 is 27.0 Å². The molecule has 10 heteroatoms. The molecule has 1 N–H and O–H groups in total. The van der Waals surface area contributed by atoms with Crippen molar-refractivity contribution in [2.24, 2.45) is 4.40 Å². The molecule has 0 aromatic heterocycles. The van der Waals surface area contributed by atoms with E-state index in [1.54, 1.807) is 19.1 Å². The van der Waals surface area contributed by atoms with E-state index in [0.29, 0.717) is 5.69 Å². The lowest BCUT2D eigenvalue weighted by molar-refractivity contribution is -0.128. The first-order valence-electron chi connectivity index (χ1n) is 9.14. The Balaban J connectivity index is 1.75. The summed E-state index contributed by atoms with van der Waals surface area (Å²) in [5, 5.41) is 1.85. The lowest BCUT2D eigenvalue weighted by Gasteiger charge is -2.13. The standard InChI is InChI=1S/C20H20FN3O4S2/c1-3-24-19(26)17(12-18(25)22-15-8-6-14(21)7-9-15)29-20(24)23-30(27,28)16-10-4-13(2)5-11-16/h4-11,17H,3,12H2,1-2H3,(H,22,25). The highest BCUT2D eigenvalue weighted by atomic mass is 32.2. The Hall–Kier alpha value is -2.72. The number of nitrogens with zero attached hydrogens (tertiary/aromatic N) is 2. The average Bonchev–Trinajstić information content (AvgIpc) is 2.97. The van der Waals surface area contributed by atoms with Crippen LogP contribution >= 0.6 is 11.8 Å². The number of amides is 2. The predicted octanol–water partition coefficient (Wildman–Crippen LogP) is 3.17. The molecule has 1 unspecified atom stereocenters. The van der Waals surface area contributed by atoms with Crippen LogP contribution in [0, 0.1) is 12.7 Å². The summed E-state index contributed by atoms with van der Waals surface area (Å²) in [7, 11) is -3.99. The maximum absolute atomic E-state index is 13.0. The molecule has 2 aromatic rings. The molecule has 1 saturated heterocycles. The van der Waals surface area contributed by atoms with Crippen molar-refractivity contribution in [3.05, 3.63) is 59.9 Å². The zero-order valence-corrected chi connectivity index (χ0v) is 18.0. The van der Waals surface area contributed by atoms with Gasteiger partial charge in [0.05, 0.1) is 4.90 Å². The molecule has 30 heavy (non-hydrogen) atoms. The second-order valence-corrected chi connectivity index (χ2v) is 9.38. The van der Waals surface area contributed by atoms with Crippen LogP contribution in [0.4, 0.5) is 10.1 Å². The molecule has 0 saturated carbocycles.